The van der Waals surface area contributed by atoms with Crippen LogP contribution >= 0.6 is 11.3 Å². The number of urea groups is 1. The number of aryl methyl sites for hydroxylation is 1. The highest BCUT2D eigenvalue weighted by molar-refractivity contribution is 7.14. The van der Waals surface area contributed by atoms with Crippen molar-refractivity contribution in [3.8, 4) is 11.3 Å². The van der Waals surface area contributed by atoms with Crippen LogP contribution in [0.25, 0.3) is 11.3 Å². The minimum atomic E-state index is -0.192. The van der Waals surface area contributed by atoms with Crippen LogP contribution in [-0.2, 0) is 13.6 Å². The molecule has 1 aromatic carbocycles. The molecule has 118 valence electrons. The Balaban J connectivity index is 1.63. The SMILES string of the molecule is CN(Cc1cnn(C)c1)C(=O)Nc1nc(-c2ccccc2)cs1. The second-order valence-corrected chi connectivity index (χ2v) is 6.07. The summed E-state index contributed by atoms with van der Waals surface area (Å²) in [4.78, 5) is 18.3. The summed E-state index contributed by atoms with van der Waals surface area (Å²) in [6, 6.07) is 9.70. The lowest BCUT2D eigenvalue weighted by Gasteiger charge is -2.15. The van der Waals surface area contributed by atoms with Crippen molar-refractivity contribution in [2.75, 3.05) is 12.4 Å². The van der Waals surface area contributed by atoms with E-state index >= 15 is 0 Å². The van der Waals surface area contributed by atoms with E-state index in [1.165, 1.54) is 11.3 Å². The Morgan fingerprint density at radius 3 is 2.83 bits per heavy atom. The molecule has 0 saturated carbocycles. The van der Waals surface area contributed by atoms with Crippen molar-refractivity contribution < 1.29 is 4.79 Å². The van der Waals surface area contributed by atoms with E-state index in [-0.39, 0.29) is 6.03 Å². The molecule has 0 fully saturated rings. The quantitative estimate of drug-likeness (QED) is 0.800. The van der Waals surface area contributed by atoms with Gasteiger partial charge in [-0.1, -0.05) is 30.3 Å². The second-order valence-electron chi connectivity index (χ2n) is 5.21. The molecule has 0 saturated heterocycles. The highest BCUT2D eigenvalue weighted by Crippen LogP contribution is 2.24. The van der Waals surface area contributed by atoms with E-state index in [0.29, 0.717) is 11.7 Å². The lowest BCUT2D eigenvalue weighted by molar-refractivity contribution is 0.220. The zero-order valence-electron chi connectivity index (χ0n) is 12.9. The highest BCUT2D eigenvalue weighted by atomic mass is 32.1. The molecule has 0 unspecified atom stereocenters. The molecule has 6 nitrogen and oxygen atoms in total. The smallest absolute Gasteiger partial charge is 0.323 e. The first-order valence-corrected chi connectivity index (χ1v) is 8.00. The van der Waals surface area contributed by atoms with Gasteiger partial charge in [0.2, 0.25) is 0 Å². The summed E-state index contributed by atoms with van der Waals surface area (Å²) in [6.07, 6.45) is 3.64. The van der Waals surface area contributed by atoms with E-state index in [4.69, 9.17) is 0 Å². The van der Waals surface area contributed by atoms with Gasteiger partial charge in [-0.05, 0) is 0 Å². The molecule has 2 aromatic heterocycles. The Bertz CT molecular complexity index is 796. The first kappa shape index (κ1) is 15.2. The topological polar surface area (TPSA) is 63.1 Å². The molecule has 0 bridgehead atoms. The van der Waals surface area contributed by atoms with Crippen LogP contribution in [0.3, 0.4) is 0 Å². The van der Waals surface area contributed by atoms with Gasteiger partial charge in [0.15, 0.2) is 5.13 Å². The maximum Gasteiger partial charge on any atom is 0.323 e. The third kappa shape index (κ3) is 3.75. The molecule has 3 rings (SSSR count). The average Bonchev–Trinajstić information content (AvgIpc) is 3.17. The van der Waals surface area contributed by atoms with E-state index in [1.807, 2.05) is 49.0 Å². The maximum absolute atomic E-state index is 12.2. The van der Waals surface area contributed by atoms with Crippen molar-refractivity contribution >= 4 is 22.5 Å². The molecule has 0 aliphatic carbocycles. The molecular weight excluding hydrogens is 310 g/mol. The van der Waals surface area contributed by atoms with Crippen LogP contribution in [0.1, 0.15) is 5.56 Å². The zero-order chi connectivity index (χ0) is 16.2. The number of amides is 2. The summed E-state index contributed by atoms with van der Waals surface area (Å²) in [7, 11) is 3.60. The standard InChI is InChI=1S/C16H17N5OS/c1-20(9-12-8-17-21(2)10-12)16(22)19-15-18-14(11-23-15)13-6-4-3-5-7-13/h3-8,10-11H,9H2,1-2H3,(H,18,19,22). The summed E-state index contributed by atoms with van der Waals surface area (Å²) in [5.74, 6) is 0. The van der Waals surface area contributed by atoms with Crippen molar-refractivity contribution in [2.24, 2.45) is 7.05 Å². The molecule has 0 radical (unpaired) electrons. The van der Waals surface area contributed by atoms with E-state index < -0.39 is 0 Å². The molecular formula is C16H17N5OS. The van der Waals surface area contributed by atoms with Crippen molar-refractivity contribution in [1.82, 2.24) is 19.7 Å². The van der Waals surface area contributed by atoms with Gasteiger partial charge in [0.05, 0.1) is 18.4 Å². The zero-order valence-corrected chi connectivity index (χ0v) is 13.7. The van der Waals surface area contributed by atoms with Crippen LogP contribution in [0.2, 0.25) is 0 Å². The number of hydrogen-bond acceptors (Lipinski definition) is 4. The van der Waals surface area contributed by atoms with Crippen LogP contribution in [0.15, 0.2) is 48.1 Å². The number of nitrogens with zero attached hydrogens (tertiary/aromatic N) is 4. The normalized spacial score (nSPS) is 10.5. The van der Waals surface area contributed by atoms with Gasteiger partial charge in [0.1, 0.15) is 0 Å². The molecule has 0 aliphatic rings. The van der Waals surface area contributed by atoms with Crippen molar-refractivity contribution in [3.05, 3.63) is 53.7 Å². The minimum absolute atomic E-state index is 0.192. The number of benzene rings is 1. The largest absolute Gasteiger partial charge is 0.323 e. The summed E-state index contributed by atoms with van der Waals surface area (Å²) < 4.78 is 1.72. The average molecular weight is 327 g/mol. The van der Waals surface area contributed by atoms with Crippen LogP contribution in [0.5, 0.6) is 0 Å². The molecule has 2 amide bonds. The van der Waals surface area contributed by atoms with E-state index in [2.05, 4.69) is 15.4 Å². The van der Waals surface area contributed by atoms with E-state index in [1.54, 1.807) is 22.8 Å². The van der Waals surface area contributed by atoms with Gasteiger partial charge in [0, 0.05) is 36.8 Å². The van der Waals surface area contributed by atoms with Crippen LogP contribution in [0.4, 0.5) is 9.93 Å². The molecule has 3 aromatic rings. The molecule has 1 N–H and O–H groups in total. The van der Waals surface area contributed by atoms with Gasteiger partial charge in [-0.25, -0.2) is 9.78 Å². The number of nitrogens with one attached hydrogen (secondary N) is 1. The summed E-state index contributed by atoms with van der Waals surface area (Å²) >= 11 is 1.41. The highest BCUT2D eigenvalue weighted by Gasteiger charge is 2.13. The first-order valence-electron chi connectivity index (χ1n) is 7.12. The Labute approximate surface area is 138 Å². The number of thiazole rings is 1. The minimum Gasteiger partial charge on any atom is -0.323 e. The predicted octanol–water partition coefficient (Wildman–Crippen LogP) is 3.21. The van der Waals surface area contributed by atoms with Crippen LogP contribution in [-0.4, -0.2) is 32.7 Å². The third-order valence-electron chi connectivity index (χ3n) is 3.31. The Kier molecular flexibility index (Phi) is 4.38. The maximum atomic E-state index is 12.2. The predicted molar refractivity (Wildman–Crippen MR) is 91.2 cm³/mol. The molecule has 0 atom stereocenters. The van der Waals surface area contributed by atoms with Crippen molar-refractivity contribution in [2.45, 2.75) is 6.54 Å². The number of rotatable bonds is 4. The van der Waals surface area contributed by atoms with Gasteiger partial charge in [-0.2, -0.15) is 5.10 Å². The lowest BCUT2D eigenvalue weighted by Crippen LogP contribution is -2.30. The summed E-state index contributed by atoms with van der Waals surface area (Å²) in [5, 5.41) is 9.45. The summed E-state index contributed by atoms with van der Waals surface area (Å²) in [6.45, 7) is 0.497. The second kappa shape index (κ2) is 6.62. The summed E-state index contributed by atoms with van der Waals surface area (Å²) in [5.41, 5.74) is 2.88. The fourth-order valence-electron chi connectivity index (χ4n) is 2.16. The molecule has 23 heavy (non-hydrogen) atoms. The monoisotopic (exact) mass is 327 g/mol. The van der Waals surface area contributed by atoms with E-state index in [0.717, 1.165) is 16.8 Å². The van der Waals surface area contributed by atoms with Gasteiger partial charge in [-0.3, -0.25) is 10.00 Å². The fourth-order valence-corrected chi connectivity index (χ4v) is 2.87. The van der Waals surface area contributed by atoms with Crippen LogP contribution < -0.4 is 5.32 Å². The van der Waals surface area contributed by atoms with E-state index in [9.17, 15) is 4.79 Å². The van der Waals surface area contributed by atoms with Crippen LogP contribution in [0, 0.1) is 0 Å². The molecule has 2 heterocycles. The van der Waals surface area contributed by atoms with Gasteiger partial charge < -0.3 is 4.90 Å². The number of anilines is 1. The number of aromatic nitrogens is 3. The van der Waals surface area contributed by atoms with Gasteiger partial charge >= 0.3 is 6.03 Å². The fraction of sp³-hybridized carbons (Fsp3) is 0.188. The third-order valence-corrected chi connectivity index (χ3v) is 4.07. The lowest BCUT2D eigenvalue weighted by atomic mass is 10.2. The van der Waals surface area contributed by atoms with Crippen molar-refractivity contribution in [1.29, 1.82) is 0 Å². The Hall–Kier alpha value is -2.67. The van der Waals surface area contributed by atoms with Gasteiger partial charge in [-0.15, -0.1) is 11.3 Å². The van der Waals surface area contributed by atoms with Crippen molar-refractivity contribution in [3.63, 3.8) is 0 Å². The molecule has 0 spiro atoms. The molecule has 0 aliphatic heterocycles. The number of hydrogen-bond donors (Lipinski definition) is 1. The Morgan fingerprint density at radius 1 is 1.35 bits per heavy atom. The van der Waals surface area contributed by atoms with Gasteiger partial charge in [0.25, 0.3) is 0 Å². The number of carbonyl (C=O) groups is 1. The number of carbonyl (C=O) groups excluding carboxylic acids is 1. The first-order chi connectivity index (χ1) is 11.1. The Morgan fingerprint density at radius 2 is 2.13 bits per heavy atom. The molecule has 7 heteroatoms.